The highest BCUT2D eigenvalue weighted by Gasteiger charge is 2.14. The summed E-state index contributed by atoms with van der Waals surface area (Å²) < 4.78 is 0.957. The molecule has 1 aromatic heterocycles. The third kappa shape index (κ3) is 3.22. The topological polar surface area (TPSA) is 57.0 Å². The van der Waals surface area contributed by atoms with E-state index in [9.17, 15) is 4.79 Å². The Labute approximate surface area is 125 Å². The van der Waals surface area contributed by atoms with Crippen LogP contribution >= 0.6 is 15.9 Å². The van der Waals surface area contributed by atoms with Crippen LogP contribution < -0.4 is 0 Å². The van der Waals surface area contributed by atoms with Crippen LogP contribution in [0.3, 0.4) is 0 Å². The molecule has 0 atom stereocenters. The molecule has 2 rings (SSSR count). The molecule has 0 spiro atoms. The van der Waals surface area contributed by atoms with Crippen LogP contribution in [0, 0.1) is 11.3 Å². The van der Waals surface area contributed by atoms with Gasteiger partial charge in [0.05, 0.1) is 0 Å². The molecule has 4 nitrogen and oxygen atoms in total. The van der Waals surface area contributed by atoms with Gasteiger partial charge in [0.2, 0.25) is 0 Å². The minimum absolute atomic E-state index is 0.210. The number of hydrogen-bond acceptors (Lipinski definition) is 3. The van der Waals surface area contributed by atoms with Crippen LogP contribution in [0.1, 0.15) is 21.7 Å². The summed E-state index contributed by atoms with van der Waals surface area (Å²) >= 11 is 3.46. The van der Waals surface area contributed by atoms with Crippen molar-refractivity contribution in [2.75, 3.05) is 7.05 Å². The number of amides is 1. The van der Waals surface area contributed by atoms with Gasteiger partial charge in [-0.05, 0) is 23.8 Å². The first kappa shape index (κ1) is 14.2. The van der Waals surface area contributed by atoms with Gasteiger partial charge in [0, 0.05) is 18.1 Å². The Hall–Kier alpha value is -2.19. The van der Waals surface area contributed by atoms with E-state index < -0.39 is 0 Å². The number of hydrogen-bond donors (Lipinski definition) is 0. The zero-order valence-corrected chi connectivity index (χ0v) is 12.5. The SMILES string of the molecule is CN(Cc1ccccc1Br)C(=O)c1cccc(C#N)n1. The molecule has 0 bridgehead atoms. The van der Waals surface area contributed by atoms with Gasteiger partial charge in [-0.3, -0.25) is 4.79 Å². The van der Waals surface area contributed by atoms with Crippen molar-refractivity contribution in [1.29, 1.82) is 5.26 Å². The first-order valence-electron chi connectivity index (χ1n) is 5.98. The van der Waals surface area contributed by atoms with Gasteiger partial charge in [0.15, 0.2) is 0 Å². The lowest BCUT2D eigenvalue weighted by atomic mass is 10.2. The molecule has 0 fully saturated rings. The van der Waals surface area contributed by atoms with Crippen molar-refractivity contribution in [1.82, 2.24) is 9.88 Å². The highest BCUT2D eigenvalue weighted by Crippen LogP contribution is 2.18. The van der Waals surface area contributed by atoms with Gasteiger partial charge in [-0.1, -0.05) is 40.2 Å². The Morgan fingerprint density at radius 3 is 2.75 bits per heavy atom. The third-order valence-electron chi connectivity index (χ3n) is 2.79. The quantitative estimate of drug-likeness (QED) is 0.869. The fraction of sp³-hybridized carbons (Fsp3) is 0.133. The first-order chi connectivity index (χ1) is 9.61. The van der Waals surface area contributed by atoms with Gasteiger partial charge in [-0.25, -0.2) is 4.98 Å². The van der Waals surface area contributed by atoms with Crippen molar-refractivity contribution in [3.63, 3.8) is 0 Å². The molecular formula is C15H12BrN3O. The summed E-state index contributed by atoms with van der Waals surface area (Å²) in [7, 11) is 1.71. The second kappa shape index (κ2) is 6.31. The van der Waals surface area contributed by atoms with Crippen LogP contribution in [0.15, 0.2) is 46.9 Å². The number of rotatable bonds is 3. The summed E-state index contributed by atoms with van der Waals surface area (Å²) in [5.74, 6) is -0.210. The van der Waals surface area contributed by atoms with Crippen molar-refractivity contribution in [2.45, 2.75) is 6.54 Å². The fourth-order valence-corrected chi connectivity index (χ4v) is 2.18. The number of benzene rings is 1. The predicted molar refractivity (Wildman–Crippen MR) is 78.9 cm³/mol. The zero-order valence-electron chi connectivity index (χ0n) is 10.9. The van der Waals surface area contributed by atoms with E-state index in [-0.39, 0.29) is 17.3 Å². The van der Waals surface area contributed by atoms with Crippen LogP contribution in [0.2, 0.25) is 0 Å². The Bertz CT molecular complexity index is 679. The van der Waals surface area contributed by atoms with Gasteiger partial charge >= 0.3 is 0 Å². The number of carbonyl (C=O) groups is 1. The van der Waals surface area contributed by atoms with Gasteiger partial charge in [0.1, 0.15) is 17.5 Å². The molecule has 5 heteroatoms. The maximum atomic E-state index is 12.3. The molecule has 0 N–H and O–H groups in total. The second-order valence-electron chi connectivity index (χ2n) is 4.27. The summed E-state index contributed by atoms with van der Waals surface area (Å²) in [4.78, 5) is 17.9. The Balaban J connectivity index is 2.17. The van der Waals surface area contributed by atoms with Crippen molar-refractivity contribution < 1.29 is 4.79 Å². The van der Waals surface area contributed by atoms with Gasteiger partial charge in [-0.2, -0.15) is 5.26 Å². The fourth-order valence-electron chi connectivity index (χ4n) is 1.77. The zero-order chi connectivity index (χ0) is 14.5. The molecule has 20 heavy (non-hydrogen) atoms. The van der Waals surface area contributed by atoms with Crippen molar-refractivity contribution in [3.05, 3.63) is 63.9 Å². The summed E-state index contributed by atoms with van der Waals surface area (Å²) in [5.41, 5.74) is 1.53. The minimum atomic E-state index is -0.210. The average molecular weight is 330 g/mol. The second-order valence-corrected chi connectivity index (χ2v) is 5.13. The van der Waals surface area contributed by atoms with E-state index in [1.807, 2.05) is 30.3 Å². The van der Waals surface area contributed by atoms with Crippen molar-refractivity contribution >= 4 is 21.8 Å². The van der Waals surface area contributed by atoms with Crippen molar-refractivity contribution in [2.24, 2.45) is 0 Å². The van der Waals surface area contributed by atoms with Gasteiger partial charge in [0.25, 0.3) is 5.91 Å². The molecule has 2 aromatic rings. The molecule has 0 radical (unpaired) electrons. The van der Waals surface area contributed by atoms with E-state index in [2.05, 4.69) is 20.9 Å². The van der Waals surface area contributed by atoms with E-state index in [4.69, 9.17) is 5.26 Å². The average Bonchev–Trinajstić information content (AvgIpc) is 2.48. The molecule has 1 heterocycles. The first-order valence-corrected chi connectivity index (χ1v) is 6.77. The normalized spacial score (nSPS) is 9.85. The molecule has 0 aliphatic carbocycles. The third-order valence-corrected chi connectivity index (χ3v) is 3.57. The number of halogens is 1. The molecule has 0 unspecified atom stereocenters. The van der Waals surface area contributed by atoms with Crippen LogP contribution in [0.25, 0.3) is 0 Å². The summed E-state index contributed by atoms with van der Waals surface area (Å²) in [6.07, 6.45) is 0. The Kier molecular flexibility index (Phi) is 4.49. The van der Waals surface area contributed by atoms with E-state index in [1.54, 1.807) is 30.1 Å². The molecule has 100 valence electrons. The predicted octanol–water partition coefficient (Wildman–Crippen LogP) is 2.99. The molecular weight excluding hydrogens is 318 g/mol. The number of carbonyl (C=O) groups excluding carboxylic acids is 1. The molecule has 1 amide bonds. The molecule has 0 aliphatic heterocycles. The monoisotopic (exact) mass is 329 g/mol. The smallest absolute Gasteiger partial charge is 0.272 e. The number of nitriles is 1. The number of aromatic nitrogens is 1. The molecule has 0 aliphatic rings. The van der Waals surface area contributed by atoms with Gasteiger partial charge < -0.3 is 4.90 Å². The highest BCUT2D eigenvalue weighted by atomic mass is 79.9. The molecule has 0 saturated heterocycles. The molecule has 1 aromatic carbocycles. The van der Waals surface area contributed by atoms with Crippen molar-refractivity contribution in [3.8, 4) is 6.07 Å². The standard InChI is InChI=1S/C15H12BrN3O/c1-19(10-11-5-2-3-7-13(11)16)15(20)14-8-4-6-12(9-17)18-14/h2-8H,10H2,1H3. The Morgan fingerprint density at radius 1 is 1.30 bits per heavy atom. The lowest BCUT2D eigenvalue weighted by Crippen LogP contribution is -2.27. The van der Waals surface area contributed by atoms with Crippen LogP contribution in [-0.4, -0.2) is 22.8 Å². The summed E-state index contributed by atoms with van der Waals surface area (Å²) in [6, 6.07) is 14.5. The number of nitrogens with zero attached hydrogens (tertiary/aromatic N) is 3. The van der Waals surface area contributed by atoms with E-state index in [0.29, 0.717) is 6.54 Å². The molecule has 0 saturated carbocycles. The summed E-state index contributed by atoms with van der Waals surface area (Å²) in [6.45, 7) is 0.471. The van der Waals surface area contributed by atoms with E-state index >= 15 is 0 Å². The maximum Gasteiger partial charge on any atom is 0.272 e. The lowest BCUT2D eigenvalue weighted by Gasteiger charge is -2.17. The number of pyridine rings is 1. The van der Waals surface area contributed by atoms with Gasteiger partial charge in [-0.15, -0.1) is 0 Å². The summed E-state index contributed by atoms with van der Waals surface area (Å²) in [5, 5.41) is 8.81. The highest BCUT2D eigenvalue weighted by molar-refractivity contribution is 9.10. The van der Waals surface area contributed by atoms with Crippen LogP contribution in [0.4, 0.5) is 0 Å². The van der Waals surface area contributed by atoms with Crippen LogP contribution in [-0.2, 0) is 6.54 Å². The van der Waals surface area contributed by atoms with Crippen LogP contribution in [0.5, 0.6) is 0 Å². The maximum absolute atomic E-state index is 12.3. The minimum Gasteiger partial charge on any atom is -0.336 e. The largest absolute Gasteiger partial charge is 0.336 e. The van der Waals surface area contributed by atoms with E-state index in [0.717, 1.165) is 10.0 Å². The Morgan fingerprint density at radius 2 is 2.05 bits per heavy atom. The van der Waals surface area contributed by atoms with E-state index in [1.165, 1.54) is 0 Å². The lowest BCUT2D eigenvalue weighted by molar-refractivity contribution is 0.0779.